The van der Waals surface area contributed by atoms with Crippen molar-refractivity contribution in [2.75, 3.05) is 6.61 Å². The molecule has 1 saturated heterocycles. The van der Waals surface area contributed by atoms with Crippen LogP contribution in [0.3, 0.4) is 0 Å². The number of rotatable bonds is 3. The summed E-state index contributed by atoms with van der Waals surface area (Å²) in [4.78, 5) is 23.0. The summed E-state index contributed by atoms with van der Waals surface area (Å²) in [5.74, 6) is -1.92. The lowest BCUT2D eigenvalue weighted by atomic mass is 9.86. The van der Waals surface area contributed by atoms with Crippen LogP contribution in [0.2, 0.25) is 0 Å². The maximum atomic E-state index is 12.9. The smallest absolute Gasteiger partial charge is 0.404 e. The number of hydrogen-bond donors (Lipinski definition) is 0. The molecule has 0 radical (unpaired) electrons. The highest BCUT2D eigenvalue weighted by Gasteiger charge is 2.58. The Bertz CT molecular complexity index is 380. The van der Waals surface area contributed by atoms with Gasteiger partial charge in [-0.1, -0.05) is 6.92 Å². The Hall–Kier alpha value is -1.27. The van der Waals surface area contributed by atoms with E-state index in [-0.39, 0.29) is 19.4 Å². The third-order valence-corrected chi connectivity index (χ3v) is 3.53. The van der Waals surface area contributed by atoms with Gasteiger partial charge in [-0.15, -0.1) is 0 Å². The van der Waals surface area contributed by atoms with Crippen LogP contribution in [0, 0.1) is 5.41 Å². The molecule has 110 valence electrons. The minimum Gasteiger partial charge on any atom is -0.465 e. The molecule has 1 heterocycles. The van der Waals surface area contributed by atoms with E-state index in [1.54, 1.807) is 0 Å². The number of halogens is 3. The molecule has 0 aromatic carbocycles. The van der Waals surface area contributed by atoms with Gasteiger partial charge in [0.1, 0.15) is 5.60 Å². The largest absolute Gasteiger partial charge is 0.465 e. The zero-order chi connectivity index (χ0) is 14.9. The highest BCUT2D eigenvalue weighted by Crippen LogP contribution is 2.43. The second-order valence-electron chi connectivity index (χ2n) is 5.17. The van der Waals surface area contributed by atoms with Gasteiger partial charge in [0.2, 0.25) is 0 Å². The SMILES string of the molecule is CCC(C)(C(=O)OC1(C)CCOC(=O)C1)C(F)(F)F. The first kappa shape index (κ1) is 15.8. The van der Waals surface area contributed by atoms with Crippen LogP contribution in [0.25, 0.3) is 0 Å². The Labute approximate surface area is 109 Å². The third kappa shape index (κ3) is 3.19. The fraction of sp³-hybridized carbons (Fsp3) is 0.833. The van der Waals surface area contributed by atoms with Crippen molar-refractivity contribution in [2.24, 2.45) is 5.41 Å². The molecule has 0 aliphatic carbocycles. The number of hydrogen-bond acceptors (Lipinski definition) is 4. The average molecular weight is 282 g/mol. The van der Waals surface area contributed by atoms with Gasteiger partial charge in [0, 0.05) is 6.42 Å². The second-order valence-corrected chi connectivity index (χ2v) is 5.17. The number of ether oxygens (including phenoxy) is 2. The fourth-order valence-electron chi connectivity index (χ4n) is 1.71. The predicted molar refractivity (Wildman–Crippen MR) is 59.1 cm³/mol. The molecule has 2 unspecified atom stereocenters. The van der Waals surface area contributed by atoms with Gasteiger partial charge in [-0.25, -0.2) is 0 Å². The lowest BCUT2D eigenvalue weighted by Gasteiger charge is -2.36. The topological polar surface area (TPSA) is 52.6 Å². The standard InChI is InChI=1S/C12H17F3O4/c1-4-11(3,12(13,14)15)9(17)19-10(2)5-6-18-8(16)7-10/h4-7H2,1-3H3. The number of carbonyl (C=O) groups is 2. The van der Waals surface area contributed by atoms with Gasteiger partial charge in [0.05, 0.1) is 13.0 Å². The lowest BCUT2D eigenvalue weighted by molar-refractivity contribution is -0.239. The van der Waals surface area contributed by atoms with Crippen molar-refractivity contribution in [3.05, 3.63) is 0 Å². The molecule has 1 aliphatic heterocycles. The Morgan fingerprint density at radius 3 is 2.47 bits per heavy atom. The van der Waals surface area contributed by atoms with Crippen molar-refractivity contribution >= 4 is 11.9 Å². The summed E-state index contributed by atoms with van der Waals surface area (Å²) in [6.07, 6.45) is -5.14. The minimum atomic E-state index is -4.69. The van der Waals surface area contributed by atoms with Crippen molar-refractivity contribution in [1.29, 1.82) is 0 Å². The highest BCUT2D eigenvalue weighted by molar-refractivity contribution is 5.79. The van der Waals surface area contributed by atoms with E-state index in [9.17, 15) is 22.8 Å². The first-order valence-corrected chi connectivity index (χ1v) is 6.00. The van der Waals surface area contributed by atoms with Crippen LogP contribution in [-0.2, 0) is 19.1 Å². The molecule has 19 heavy (non-hydrogen) atoms. The monoisotopic (exact) mass is 282 g/mol. The first-order chi connectivity index (χ1) is 8.54. The van der Waals surface area contributed by atoms with Gasteiger partial charge in [-0.3, -0.25) is 9.59 Å². The van der Waals surface area contributed by atoms with Crippen molar-refractivity contribution in [3.63, 3.8) is 0 Å². The maximum absolute atomic E-state index is 12.9. The normalized spacial score (nSPS) is 27.4. The molecule has 7 heteroatoms. The minimum absolute atomic E-state index is 0.0392. The quantitative estimate of drug-likeness (QED) is 0.747. The lowest BCUT2D eigenvalue weighted by Crippen LogP contribution is -2.48. The average Bonchev–Trinajstić information content (AvgIpc) is 2.25. The van der Waals surface area contributed by atoms with E-state index >= 15 is 0 Å². The van der Waals surface area contributed by atoms with Crippen LogP contribution >= 0.6 is 0 Å². The zero-order valence-electron chi connectivity index (χ0n) is 11.1. The molecule has 1 aliphatic rings. The van der Waals surface area contributed by atoms with Crippen LogP contribution in [-0.4, -0.2) is 30.3 Å². The van der Waals surface area contributed by atoms with Gasteiger partial charge in [0.25, 0.3) is 0 Å². The zero-order valence-corrected chi connectivity index (χ0v) is 11.1. The Morgan fingerprint density at radius 2 is 2.05 bits per heavy atom. The van der Waals surface area contributed by atoms with Crippen molar-refractivity contribution in [3.8, 4) is 0 Å². The summed E-state index contributed by atoms with van der Waals surface area (Å²) < 4.78 is 48.4. The molecular formula is C12H17F3O4. The molecule has 2 atom stereocenters. The molecular weight excluding hydrogens is 265 g/mol. The molecule has 0 saturated carbocycles. The van der Waals surface area contributed by atoms with Crippen molar-refractivity contribution < 1.29 is 32.2 Å². The summed E-state index contributed by atoms with van der Waals surface area (Å²) >= 11 is 0. The van der Waals surface area contributed by atoms with Crippen LogP contribution in [0.5, 0.6) is 0 Å². The van der Waals surface area contributed by atoms with Crippen LogP contribution in [0.4, 0.5) is 13.2 Å². The van der Waals surface area contributed by atoms with E-state index < -0.39 is 35.6 Å². The van der Waals surface area contributed by atoms with Gasteiger partial charge < -0.3 is 9.47 Å². The van der Waals surface area contributed by atoms with Crippen molar-refractivity contribution in [2.45, 2.75) is 51.8 Å². The third-order valence-electron chi connectivity index (χ3n) is 3.53. The van der Waals surface area contributed by atoms with E-state index in [1.807, 2.05) is 0 Å². The van der Waals surface area contributed by atoms with E-state index in [0.29, 0.717) is 0 Å². The summed E-state index contributed by atoms with van der Waals surface area (Å²) in [6.45, 7) is 3.56. The molecule has 0 aromatic rings. The van der Waals surface area contributed by atoms with E-state index in [4.69, 9.17) is 4.74 Å². The van der Waals surface area contributed by atoms with Crippen LogP contribution < -0.4 is 0 Å². The highest BCUT2D eigenvalue weighted by atomic mass is 19.4. The molecule has 1 rings (SSSR count). The van der Waals surface area contributed by atoms with E-state index in [0.717, 1.165) is 6.92 Å². The van der Waals surface area contributed by atoms with Gasteiger partial charge in [0.15, 0.2) is 5.41 Å². The molecule has 0 bridgehead atoms. The number of cyclic esters (lactones) is 1. The Balaban J connectivity index is 2.86. The molecule has 4 nitrogen and oxygen atoms in total. The van der Waals surface area contributed by atoms with E-state index in [2.05, 4.69) is 4.74 Å². The predicted octanol–water partition coefficient (Wildman–Crippen LogP) is 2.60. The first-order valence-electron chi connectivity index (χ1n) is 6.00. The number of esters is 2. The fourth-order valence-corrected chi connectivity index (χ4v) is 1.71. The van der Waals surface area contributed by atoms with Crippen molar-refractivity contribution in [1.82, 2.24) is 0 Å². The summed E-state index contributed by atoms with van der Waals surface area (Å²) in [5, 5.41) is 0. The molecule has 0 aromatic heterocycles. The van der Waals surface area contributed by atoms with Gasteiger partial charge >= 0.3 is 18.1 Å². The van der Waals surface area contributed by atoms with E-state index in [1.165, 1.54) is 13.8 Å². The van der Waals surface area contributed by atoms with Crippen LogP contribution in [0.1, 0.15) is 40.0 Å². The Kier molecular flexibility index (Phi) is 4.17. The maximum Gasteiger partial charge on any atom is 0.404 e. The summed E-state index contributed by atoms with van der Waals surface area (Å²) in [6, 6.07) is 0. The Morgan fingerprint density at radius 1 is 1.47 bits per heavy atom. The number of carbonyl (C=O) groups excluding carboxylic acids is 2. The molecule has 0 spiro atoms. The summed E-state index contributed by atoms with van der Waals surface area (Å²) in [5.41, 5.74) is -3.79. The molecule has 0 amide bonds. The summed E-state index contributed by atoms with van der Waals surface area (Å²) in [7, 11) is 0. The van der Waals surface area contributed by atoms with Crippen LogP contribution in [0.15, 0.2) is 0 Å². The molecule has 0 N–H and O–H groups in total. The van der Waals surface area contributed by atoms with Gasteiger partial charge in [-0.05, 0) is 20.3 Å². The molecule has 1 fully saturated rings. The number of alkyl halides is 3. The van der Waals surface area contributed by atoms with Gasteiger partial charge in [-0.2, -0.15) is 13.2 Å². The second kappa shape index (κ2) is 5.02.